The van der Waals surface area contributed by atoms with Gasteiger partial charge in [0.05, 0.1) is 25.4 Å². The highest BCUT2D eigenvalue weighted by Gasteiger charge is 2.34. The summed E-state index contributed by atoms with van der Waals surface area (Å²) in [7, 11) is 1.86. The van der Waals surface area contributed by atoms with Crippen LogP contribution in [0, 0.1) is 53.3 Å². The molecule has 3 fully saturated rings. The van der Waals surface area contributed by atoms with Crippen molar-refractivity contribution in [2.45, 2.75) is 151 Å². The van der Waals surface area contributed by atoms with E-state index in [0.29, 0.717) is 48.4 Å². The number of rotatable bonds is 9. The molecule has 42 heavy (non-hydrogen) atoms. The number of aliphatic hydroxyl groups excluding tert-OH is 2. The van der Waals surface area contributed by atoms with Gasteiger partial charge in [0.1, 0.15) is 12.2 Å². The maximum absolute atomic E-state index is 11.4. The van der Waals surface area contributed by atoms with Gasteiger partial charge in [-0.2, -0.15) is 0 Å². The summed E-state index contributed by atoms with van der Waals surface area (Å²) in [5.74, 6) is 5.72. The average molecular weight is 599 g/mol. The average Bonchev–Trinajstić information content (AvgIpc) is 2.92. The van der Waals surface area contributed by atoms with Gasteiger partial charge in [-0.15, -0.1) is 0 Å². The zero-order valence-electron chi connectivity index (χ0n) is 29.3. The molecule has 3 saturated carbocycles. The fourth-order valence-corrected chi connectivity index (χ4v) is 7.39. The van der Waals surface area contributed by atoms with Gasteiger partial charge in [0.25, 0.3) is 0 Å². The lowest BCUT2D eigenvalue weighted by molar-refractivity contribution is -0.164. The maximum atomic E-state index is 11.4. The summed E-state index contributed by atoms with van der Waals surface area (Å²) in [6.45, 7) is 22.4. The van der Waals surface area contributed by atoms with Crippen LogP contribution >= 0.6 is 0 Å². The Bertz CT molecular complexity index is 707. The Hall–Kier alpha value is -0.690. The molecule has 0 aromatic rings. The van der Waals surface area contributed by atoms with Crippen molar-refractivity contribution in [3.63, 3.8) is 0 Å². The molecule has 0 aliphatic heterocycles. The van der Waals surface area contributed by atoms with Crippen molar-refractivity contribution in [3.05, 3.63) is 0 Å². The predicted octanol–water partition coefficient (Wildman–Crippen LogP) is 7.92. The molecule has 2 N–H and O–H groups in total. The number of hydrogen-bond donors (Lipinski definition) is 2. The third-order valence-electron chi connectivity index (χ3n) is 10.2. The normalized spacial score (nSPS) is 34.2. The lowest BCUT2D eigenvalue weighted by atomic mass is 9.75. The first-order valence-electron chi connectivity index (χ1n) is 17.3. The number of methoxy groups -OCH3 is 1. The van der Waals surface area contributed by atoms with E-state index in [9.17, 15) is 4.79 Å². The Morgan fingerprint density at radius 3 is 1.43 bits per heavy atom. The maximum Gasteiger partial charge on any atom is 0.334 e. The van der Waals surface area contributed by atoms with Crippen LogP contribution in [0.4, 0.5) is 0 Å². The van der Waals surface area contributed by atoms with Crippen LogP contribution < -0.4 is 0 Å². The van der Waals surface area contributed by atoms with Gasteiger partial charge < -0.3 is 24.4 Å². The second-order valence-electron chi connectivity index (χ2n) is 15.0. The highest BCUT2D eigenvalue weighted by atomic mass is 16.6. The fourth-order valence-electron chi connectivity index (χ4n) is 7.39. The van der Waals surface area contributed by atoms with E-state index in [0.717, 1.165) is 36.5 Å². The van der Waals surface area contributed by atoms with Gasteiger partial charge in [-0.25, -0.2) is 4.79 Å². The van der Waals surface area contributed by atoms with E-state index >= 15 is 0 Å². The number of ether oxygens (including phenoxy) is 3. The van der Waals surface area contributed by atoms with E-state index in [1.54, 1.807) is 0 Å². The third-order valence-corrected chi connectivity index (χ3v) is 10.2. The number of esters is 1. The van der Waals surface area contributed by atoms with Crippen LogP contribution in [0.25, 0.3) is 0 Å². The van der Waals surface area contributed by atoms with Crippen LogP contribution in [0.1, 0.15) is 127 Å². The van der Waals surface area contributed by atoms with Crippen molar-refractivity contribution in [1.82, 2.24) is 0 Å². The van der Waals surface area contributed by atoms with E-state index in [4.69, 9.17) is 24.4 Å². The topological polar surface area (TPSA) is 85.2 Å². The highest BCUT2D eigenvalue weighted by Crippen LogP contribution is 2.37. The molecule has 0 amide bonds. The second-order valence-corrected chi connectivity index (χ2v) is 15.0. The van der Waals surface area contributed by atoms with Crippen molar-refractivity contribution in [1.29, 1.82) is 0 Å². The summed E-state index contributed by atoms with van der Waals surface area (Å²) >= 11 is 0. The van der Waals surface area contributed by atoms with Crippen molar-refractivity contribution in [2.24, 2.45) is 53.3 Å². The summed E-state index contributed by atoms with van der Waals surface area (Å²) in [6.07, 6.45) is 11.0. The van der Waals surface area contributed by atoms with Crippen LogP contribution in [-0.2, 0) is 19.0 Å². The van der Waals surface area contributed by atoms with Crippen molar-refractivity contribution in [2.75, 3.05) is 20.3 Å². The molecule has 0 radical (unpaired) electrons. The SMILES string of the molecule is CC1CCC(C(C)C)C(OC(=O)C(C)O)C1.CC1CCC(C(C)C)C(OCCO)C1.COC1CC(C)CCC1C(C)C. The number of hydrogen-bond acceptors (Lipinski definition) is 6. The van der Waals surface area contributed by atoms with Gasteiger partial charge in [0.2, 0.25) is 0 Å². The molecule has 3 aliphatic rings. The quantitative estimate of drug-likeness (QED) is 0.262. The standard InChI is InChI=1S/C13H24O3.C12H24O2.C11H22O/c1-8(2)11-6-5-9(3)7-12(11)16-13(15)10(4)14;1-9(2)11-5-4-10(3)8-12(11)14-7-6-13;1-8(2)10-6-5-9(3)7-11(10)12-4/h8-12,14H,5-7H2,1-4H3;9-13H,4-8H2,1-3H3;8-11H,5-7H2,1-4H3. The minimum atomic E-state index is -1.01. The Kier molecular flexibility index (Phi) is 19.1. The smallest absolute Gasteiger partial charge is 0.334 e. The molecule has 0 heterocycles. The largest absolute Gasteiger partial charge is 0.460 e. The van der Waals surface area contributed by atoms with Gasteiger partial charge in [-0.05, 0) is 98.7 Å². The molecule has 0 spiro atoms. The monoisotopic (exact) mass is 599 g/mol. The summed E-state index contributed by atoms with van der Waals surface area (Å²) in [5.41, 5.74) is 0. The molecule has 6 nitrogen and oxygen atoms in total. The molecule has 6 heteroatoms. The molecule has 0 aromatic carbocycles. The lowest BCUT2D eigenvalue weighted by Crippen LogP contribution is -2.37. The molecule has 250 valence electrons. The Balaban J connectivity index is 0.000000318. The Morgan fingerprint density at radius 2 is 1.05 bits per heavy atom. The molecular formula is C36H70O6. The van der Waals surface area contributed by atoms with Crippen LogP contribution in [0.5, 0.6) is 0 Å². The van der Waals surface area contributed by atoms with Gasteiger partial charge in [-0.3, -0.25) is 0 Å². The van der Waals surface area contributed by atoms with Crippen LogP contribution in [0.3, 0.4) is 0 Å². The summed E-state index contributed by atoms with van der Waals surface area (Å²) in [5, 5.41) is 17.9. The molecule has 0 bridgehead atoms. The van der Waals surface area contributed by atoms with E-state index in [1.165, 1.54) is 51.9 Å². The van der Waals surface area contributed by atoms with Crippen LogP contribution in [0.15, 0.2) is 0 Å². The van der Waals surface area contributed by atoms with E-state index in [2.05, 4.69) is 62.3 Å². The molecular weight excluding hydrogens is 528 g/mol. The minimum absolute atomic E-state index is 0.00847. The van der Waals surface area contributed by atoms with Crippen LogP contribution in [0.2, 0.25) is 0 Å². The van der Waals surface area contributed by atoms with E-state index in [1.807, 2.05) is 7.11 Å². The molecule has 0 aromatic heterocycles. The van der Waals surface area contributed by atoms with Crippen molar-refractivity contribution in [3.8, 4) is 0 Å². The van der Waals surface area contributed by atoms with E-state index < -0.39 is 12.1 Å². The first kappa shape index (κ1) is 39.3. The third kappa shape index (κ3) is 13.9. The summed E-state index contributed by atoms with van der Waals surface area (Å²) < 4.78 is 16.7. The molecule has 3 aliphatic carbocycles. The minimum Gasteiger partial charge on any atom is -0.460 e. The fraction of sp³-hybridized carbons (Fsp3) is 0.972. The van der Waals surface area contributed by atoms with Gasteiger partial charge >= 0.3 is 5.97 Å². The molecule has 10 unspecified atom stereocenters. The van der Waals surface area contributed by atoms with Crippen LogP contribution in [-0.4, -0.2) is 60.9 Å². The Labute approximate surface area is 260 Å². The first-order chi connectivity index (χ1) is 19.7. The lowest BCUT2D eigenvalue weighted by Gasteiger charge is -2.37. The summed E-state index contributed by atoms with van der Waals surface area (Å²) in [6, 6.07) is 0. The second kappa shape index (κ2) is 20.4. The molecule has 3 rings (SSSR count). The van der Waals surface area contributed by atoms with Crippen molar-refractivity contribution >= 4 is 5.97 Å². The number of carbonyl (C=O) groups is 1. The zero-order valence-corrected chi connectivity index (χ0v) is 29.3. The summed E-state index contributed by atoms with van der Waals surface area (Å²) in [4.78, 5) is 11.4. The van der Waals surface area contributed by atoms with Crippen molar-refractivity contribution < 1.29 is 29.2 Å². The predicted molar refractivity (Wildman–Crippen MR) is 173 cm³/mol. The number of aliphatic hydroxyl groups is 2. The van der Waals surface area contributed by atoms with E-state index in [-0.39, 0.29) is 12.7 Å². The molecule has 0 saturated heterocycles. The van der Waals surface area contributed by atoms with Gasteiger partial charge in [0.15, 0.2) is 0 Å². The first-order valence-corrected chi connectivity index (χ1v) is 17.3. The highest BCUT2D eigenvalue weighted by molar-refractivity contribution is 5.74. The zero-order chi connectivity index (χ0) is 32.0. The number of carbonyl (C=O) groups excluding carboxylic acids is 1. The molecule has 10 atom stereocenters. The Morgan fingerprint density at radius 1 is 0.667 bits per heavy atom. The van der Waals surface area contributed by atoms with Gasteiger partial charge in [0, 0.05) is 7.11 Å². The van der Waals surface area contributed by atoms with Gasteiger partial charge in [-0.1, -0.05) is 81.6 Å².